The summed E-state index contributed by atoms with van der Waals surface area (Å²) in [5.74, 6) is 0.664. The van der Waals surface area contributed by atoms with Crippen LogP contribution in [0.25, 0.3) is 33.3 Å². The third-order valence-electron chi connectivity index (χ3n) is 3.91. The highest BCUT2D eigenvalue weighted by Crippen LogP contribution is 2.30. The first-order valence-corrected chi connectivity index (χ1v) is 7.28. The number of fused-ring (bicyclic) bond motifs is 3. The lowest BCUT2D eigenvalue weighted by molar-refractivity contribution is 0.623. The highest BCUT2D eigenvalue weighted by molar-refractivity contribution is 6.03. The summed E-state index contributed by atoms with van der Waals surface area (Å²) in [5.41, 5.74) is 3.89. The van der Waals surface area contributed by atoms with E-state index in [-0.39, 0.29) is 0 Å². The summed E-state index contributed by atoms with van der Waals surface area (Å²) in [6.45, 7) is 0. The SMILES string of the molecule is CN(C)c1ccc(-c2nc3ccc4ccccc4c3o2)cc1. The van der Waals surface area contributed by atoms with Crippen LogP contribution in [0.2, 0.25) is 0 Å². The molecule has 22 heavy (non-hydrogen) atoms. The van der Waals surface area contributed by atoms with Gasteiger partial charge in [0.25, 0.3) is 0 Å². The Morgan fingerprint density at radius 3 is 2.41 bits per heavy atom. The molecule has 0 aliphatic rings. The fourth-order valence-electron chi connectivity index (χ4n) is 2.68. The predicted molar refractivity (Wildman–Crippen MR) is 91.3 cm³/mol. The first-order valence-electron chi connectivity index (χ1n) is 7.28. The van der Waals surface area contributed by atoms with Crippen LogP contribution in [0.3, 0.4) is 0 Å². The van der Waals surface area contributed by atoms with Gasteiger partial charge in [-0.3, -0.25) is 0 Å². The Bertz CT molecular complexity index is 952. The zero-order valence-corrected chi connectivity index (χ0v) is 12.6. The van der Waals surface area contributed by atoms with Crippen LogP contribution < -0.4 is 4.90 Å². The summed E-state index contributed by atoms with van der Waals surface area (Å²) < 4.78 is 6.04. The van der Waals surface area contributed by atoms with E-state index >= 15 is 0 Å². The van der Waals surface area contributed by atoms with Gasteiger partial charge in [0.15, 0.2) is 5.58 Å². The second-order valence-corrected chi connectivity index (χ2v) is 5.60. The van der Waals surface area contributed by atoms with Crippen molar-refractivity contribution in [2.45, 2.75) is 0 Å². The van der Waals surface area contributed by atoms with Gasteiger partial charge in [0.1, 0.15) is 5.52 Å². The van der Waals surface area contributed by atoms with Crippen LogP contribution >= 0.6 is 0 Å². The summed E-state index contributed by atoms with van der Waals surface area (Å²) in [7, 11) is 4.06. The zero-order chi connectivity index (χ0) is 15.1. The van der Waals surface area contributed by atoms with E-state index in [4.69, 9.17) is 4.42 Å². The summed E-state index contributed by atoms with van der Waals surface area (Å²) in [4.78, 5) is 6.70. The lowest BCUT2D eigenvalue weighted by Gasteiger charge is -2.11. The smallest absolute Gasteiger partial charge is 0.227 e. The largest absolute Gasteiger partial charge is 0.435 e. The van der Waals surface area contributed by atoms with E-state index in [0.29, 0.717) is 5.89 Å². The Morgan fingerprint density at radius 2 is 1.64 bits per heavy atom. The minimum Gasteiger partial charge on any atom is -0.435 e. The van der Waals surface area contributed by atoms with Gasteiger partial charge in [-0.15, -0.1) is 0 Å². The zero-order valence-electron chi connectivity index (χ0n) is 12.6. The molecule has 0 aliphatic heterocycles. The second kappa shape index (κ2) is 4.88. The number of hydrogen-bond acceptors (Lipinski definition) is 3. The van der Waals surface area contributed by atoms with Crippen molar-refractivity contribution in [3.05, 3.63) is 60.7 Å². The Kier molecular flexibility index (Phi) is 2.86. The molecular weight excluding hydrogens is 272 g/mol. The van der Waals surface area contributed by atoms with E-state index in [1.165, 1.54) is 5.39 Å². The normalized spacial score (nSPS) is 11.2. The quantitative estimate of drug-likeness (QED) is 0.534. The van der Waals surface area contributed by atoms with Crippen LogP contribution in [-0.4, -0.2) is 19.1 Å². The van der Waals surface area contributed by atoms with Crippen molar-refractivity contribution in [3.8, 4) is 11.5 Å². The van der Waals surface area contributed by atoms with Crippen LogP contribution in [0.15, 0.2) is 65.1 Å². The Hall–Kier alpha value is -2.81. The Labute approximate surface area is 128 Å². The molecule has 0 radical (unpaired) electrons. The fraction of sp³-hybridized carbons (Fsp3) is 0.105. The topological polar surface area (TPSA) is 29.3 Å². The lowest BCUT2D eigenvalue weighted by atomic mass is 10.1. The Morgan fingerprint density at radius 1 is 0.864 bits per heavy atom. The van der Waals surface area contributed by atoms with E-state index in [2.05, 4.69) is 40.2 Å². The van der Waals surface area contributed by atoms with Gasteiger partial charge in [-0.05, 0) is 35.7 Å². The molecule has 0 amide bonds. The molecule has 4 aromatic rings. The minimum atomic E-state index is 0.664. The van der Waals surface area contributed by atoms with E-state index in [1.807, 2.05) is 44.4 Å². The number of rotatable bonds is 2. The van der Waals surface area contributed by atoms with Gasteiger partial charge in [0.05, 0.1) is 0 Å². The first-order chi connectivity index (χ1) is 10.7. The molecule has 0 N–H and O–H groups in total. The molecule has 0 fully saturated rings. The van der Waals surface area contributed by atoms with Gasteiger partial charge in [0.2, 0.25) is 5.89 Å². The molecular formula is C19H16N2O. The average molecular weight is 288 g/mol. The second-order valence-electron chi connectivity index (χ2n) is 5.60. The molecule has 1 heterocycles. The lowest BCUT2D eigenvalue weighted by Crippen LogP contribution is -2.07. The maximum atomic E-state index is 6.04. The summed E-state index contributed by atoms with van der Waals surface area (Å²) in [6, 6.07) is 20.5. The van der Waals surface area contributed by atoms with Crippen molar-refractivity contribution in [2.75, 3.05) is 19.0 Å². The van der Waals surface area contributed by atoms with Crippen molar-refractivity contribution >= 4 is 27.6 Å². The van der Waals surface area contributed by atoms with Crippen LogP contribution in [0.5, 0.6) is 0 Å². The van der Waals surface area contributed by atoms with Crippen LogP contribution in [0.1, 0.15) is 0 Å². The van der Waals surface area contributed by atoms with E-state index in [9.17, 15) is 0 Å². The van der Waals surface area contributed by atoms with Gasteiger partial charge in [0, 0.05) is 30.7 Å². The monoisotopic (exact) mass is 288 g/mol. The number of nitrogens with zero attached hydrogens (tertiary/aromatic N) is 2. The van der Waals surface area contributed by atoms with E-state index < -0.39 is 0 Å². The van der Waals surface area contributed by atoms with Crippen LogP contribution in [0, 0.1) is 0 Å². The maximum Gasteiger partial charge on any atom is 0.227 e. The summed E-state index contributed by atoms with van der Waals surface area (Å²) >= 11 is 0. The molecule has 0 atom stereocenters. The summed E-state index contributed by atoms with van der Waals surface area (Å²) in [5, 5.41) is 2.27. The predicted octanol–water partition coefficient (Wildman–Crippen LogP) is 4.71. The molecule has 3 nitrogen and oxygen atoms in total. The highest BCUT2D eigenvalue weighted by atomic mass is 16.3. The van der Waals surface area contributed by atoms with Crippen LogP contribution in [0.4, 0.5) is 5.69 Å². The number of benzene rings is 3. The van der Waals surface area contributed by atoms with E-state index in [0.717, 1.165) is 27.7 Å². The molecule has 108 valence electrons. The number of hydrogen-bond donors (Lipinski definition) is 0. The van der Waals surface area contributed by atoms with Crippen molar-refractivity contribution in [1.82, 2.24) is 4.98 Å². The average Bonchev–Trinajstić information content (AvgIpc) is 2.99. The van der Waals surface area contributed by atoms with Crippen molar-refractivity contribution in [1.29, 1.82) is 0 Å². The highest BCUT2D eigenvalue weighted by Gasteiger charge is 2.11. The molecule has 0 spiro atoms. The number of aromatic nitrogens is 1. The van der Waals surface area contributed by atoms with Gasteiger partial charge in [-0.2, -0.15) is 0 Å². The summed E-state index contributed by atoms with van der Waals surface area (Å²) in [6.07, 6.45) is 0. The third-order valence-corrected chi connectivity index (χ3v) is 3.91. The van der Waals surface area contributed by atoms with Gasteiger partial charge >= 0.3 is 0 Å². The molecule has 0 aliphatic carbocycles. The molecule has 0 saturated carbocycles. The standard InChI is InChI=1S/C19H16N2O/c1-21(2)15-10-7-14(8-11-15)19-20-17-12-9-13-5-3-4-6-16(13)18(17)22-19/h3-12H,1-2H3. The third kappa shape index (κ3) is 2.02. The molecule has 3 heteroatoms. The number of anilines is 1. The Balaban J connectivity index is 1.87. The number of oxazole rings is 1. The van der Waals surface area contributed by atoms with Gasteiger partial charge < -0.3 is 9.32 Å². The van der Waals surface area contributed by atoms with Crippen LogP contribution in [-0.2, 0) is 0 Å². The fourth-order valence-corrected chi connectivity index (χ4v) is 2.68. The first kappa shape index (κ1) is 12.9. The van der Waals surface area contributed by atoms with Crippen molar-refractivity contribution in [3.63, 3.8) is 0 Å². The van der Waals surface area contributed by atoms with Crippen molar-refractivity contribution < 1.29 is 4.42 Å². The molecule has 4 rings (SSSR count). The molecule has 3 aromatic carbocycles. The molecule has 0 saturated heterocycles. The molecule has 0 bridgehead atoms. The molecule has 1 aromatic heterocycles. The van der Waals surface area contributed by atoms with Gasteiger partial charge in [-0.25, -0.2) is 4.98 Å². The molecule has 0 unspecified atom stereocenters. The van der Waals surface area contributed by atoms with Crippen molar-refractivity contribution in [2.24, 2.45) is 0 Å². The maximum absolute atomic E-state index is 6.04. The minimum absolute atomic E-state index is 0.664. The van der Waals surface area contributed by atoms with Gasteiger partial charge in [-0.1, -0.05) is 30.3 Å². The van der Waals surface area contributed by atoms with E-state index in [1.54, 1.807) is 0 Å².